The summed E-state index contributed by atoms with van der Waals surface area (Å²) in [5.41, 5.74) is 2.93. The molecule has 4 heteroatoms. The third kappa shape index (κ3) is 2.74. The van der Waals surface area contributed by atoms with Crippen LogP contribution in [0, 0.1) is 11.3 Å². The van der Waals surface area contributed by atoms with E-state index in [2.05, 4.69) is 0 Å². The number of halogens is 1. The lowest BCUT2D eigenvalue weighted by Gasteiger charge is -2.11. The quantitative estimate of drug-likeness (QED) is 0.819. The van der Waals surface area contributed by atoms with E-state index in [1.54, 1.807) is 12.1 Å². The molecule has 0 aromatic heterocycles. The van der Waals surface area contributed by atoms with Crippen LogP contribution in [0.4, 0.5) is 0 Å². The van der Waals surface area contributed by atoms with Gasteiger partial charge in [0.05, 0.1) is 18.1 Å². The van der Waals surface area contributed by atoms with Gasteiger partial charge >= 0.3 is 5.97 Å². The number of hydrogen-bond donors (Lipinski definition) is 1. The van der Waals surface area contributed by atoms with Gasteiger partial charge in [-0.2, -0.15) is 5.26 Å². The van der Waals surface area contributed by atoms with E-state index in [1.165, 1.54) is 0 Å². The Morgan fingerprint density at radius 2 is 2.12 bits per heavy atom. The first-order valence-electron chi connectivity index (χ1n) is 4.94. The molecule has 0 heterocycles. The van der Waals surface area contributed by atoms with Crippen molar-refractivity contribution in [2.24, 2.45) is 0 Å². The average Bonchev–Trinajstić information content (AvgIpc) is 2.27. The van der Waals surface area contributed by atoms with E-state index in [0.717, 1.165) is 17.5 Å². The highest BCUT2D eigenvalue weighted by Crippen LogP contribution is 2.21. The molecule has 1 aromatic rings. The minimum atomic E-state index is -0.898. The zero-order valence-corrected chi connectivity index (χ0v) is 9.71. The summed E-state index contributed by atoms with van der Waals surface area (Å²) in [6, 6.07) is 5.36. The number of benzene rings is 1. The van der Waals surface area contributed by atoms with Crippen molar-refractivity contribution in [2.75, 3.05) is 0 Å². The third-order valence-electron chi connectivity index (χ3n) is 2.40. The second-order valence-electron chi connectivity index (χ2n) is 3.44. The fourth-order valence-electron chi connectivity index (χ4n) is 1.76. The number of alkyl halides is 1. The average molecular weight is 238 g/mol. The van der Waals surface area contributed by atoms with Crippen molar-refractivity contribution in [1.82, 2.24) is 0 Å². The number of aliphatic carboxylic acids is 1. The van der Waals surface area contributed by atoms with Gasteiger partial charge in [0.1, 0.15) is 0 Å². The Morgan fingerprint density at radius 1 is 1.50 bits per heavy atom. The molecule has 0 fully saturated rings. The van der Waals surface area contributed by atoms with Gasteiger partial charge < -0.3 is 5.11 Å². The molecule has 0 bridgehead atoms. The molecule has 3 nitrogen and oxygen atoms in total. The third-order valence-corrected chi connectivity index (χ3v) is 2.69. The van der Waals surface area contributed by atoms with E-state index >= 15 is 0 Å². The molecule has 1 rings (SSSR count). The first kappa shape index (κ1) is 12.5. The minimum Gasteiger partial charge on any atom is -0.481 e. The summed E-state index contributed by atoms with van der Waals surface area (Å²) >= 11 is 5.79. The number of hydrogen-bond acceptors (Lipinski definition) is 2. The predicted octanol–water partition coefficient (Wildman–Crippen LogP) is 2.49. The van der Waals surface area contributed by atoms with E-state index < -0.39 is 5.97 Å². The summed E-state index contributed by atoms with van der Waals surface area (Å²) in [6.07, 6.45) is 0.652. The van der Waals surface area contributed by atoms with E-state index in [0.29, 0.717) is 17.0 Å². The second kappa shape index (κ2) is 5.53. The Morgan fingerprint density at radius 3 is 2.56 bits per heavy atom. The van der Waals surface area contributed by atoms with Gasteiger partial charge in [-0.15, -0.1) is 11.6 Å². The molecule has 16 heavy (non-hydrogen) atoms. The molecule has 0 aliphatic heterocycles. The summed E-state index contributed by atoms with van der Waals surface area (Å²) < 4.78 is 0. The lowest BCUT2D eigenvalue weighted by atomic mass is 9.95. The maximum atomic E-state index is 10.7. The first-order chi connectivity index (χ1) is 7.62. The Bertz CT molecular complexity index is 449. The second-order valence-corrected chi connectivity index (χ2v) is 3.71. The van der Waals surface area contributed by atoms with Crippen molar-refractivity contribution in [3.63, 3.8) is 0 Å². The van der Waals surface area contributed by atoms with Crippen molar-refractivity contribution >= 4 is 17.6 Å². The SMILES string of the molecule is CCc1c(CCl)cc(C#N)cc1CC(=O)O. The van der Waals surface area contributed by atoms with Crippen LogP contribution in [0.2, 0.25) is 0 Å². The molecule has 0 spiro atoms. The molecule has 0 aliphatic carbocycles. The van der Waals surface area contributed by atoms with Crippen molar-refractivity contribution in [2.45, 2.75) is 25.6 Å². The number of nitriles is 1. The Labute approximate surface area is 99.3 Å². The van der Waals surface area contributed by atoms with Gasteiger partial charge in [0.2, 0.25) is 0 Å². The number of carbonyl (C=O) groups is 1. The van der Waals surface area contributed by atoms with Crippen LogP contribution >= 0.6 is 11.6 Å². The van der Waals surface area contributed by atoms with Gasteiger partial charge in [0.15, 0.2) is 0 Å². The molecular weight excluding hydrogens is 226 g/mol. The minimum absolute atomic E-state index is 0.0669. The van der Waals surface area contributed by atoms with E-state index in [9.17, 15) is 4.79 Å². The van der Waals surface area contributed by atoms with Crippen LogP contribution in [0.5, 0.6) is 0 Å². The number of nitrogens with zero attached hydrogens (tertiary/aromatic N) is 1. The molecule has 0 atom stereocenters. The number of rotatable bonds is 4. The molecule has 1 aromatic carbocycles. The molecule has 0 radical (unpaired) electrons. The van der Waals surface area contributed by atoms with E-state index in [4.69, 9.17) is 22.0 Å². The van der Waals surface area contributed by atoms with Gasteiger partial charge in [-0.05, 0) is 35.2 Å². The van der Waals surface area contributed by atoms with Crippen LogP contribution in [-0.2, 0) is 23.5 Å². The topological polar surface area (TPSA) is 61.1 Å². The maximum absolute atomic E-state index is 10.7. The summed E-state index contributed by atoms with van der Waals surface area (Å²) in [5.74, 6) is -0.601. The lowest BCUT2D eigenvalue weighted by Crippen LogP contribution is -2.06. The molecule has 0 saturated carbocycles. The van der Waals surface area contributed by atoms with Crippen LogP contribution in [0.15, 0.2) is 12.1 Å². The lowest BCUT2D eigenvalue weighted by molar-refractivity contribution is -0.136. The Kier molecular flexibility index (Phi) is 4.33. The summed E-state index contributed by atoms with van der Waals surface area (Å²) in [5, 5.41) is 17.6. The maximum Gasteiger partial charge on any atom is 0.307 e. The molecular formula is C12H12ClNO2. The highest BCUT2D eigenvalue weighted by atomic mass is 35.5. The van der Waals surface area contributed by atoms with Crippen molar-refractivity contribution in [3.8, 4) is 6.07 Å². The van der Waals surface area contributed by atoms with E-state index in [1.807, 2.05) is 13.0 Å². The Balaban J connectivity index is 3.32. The van der Waals surface area contributed by atoms with Gasteiger partial charge in [-0.3, -0.25) is 4.79 Å². The first-order valence-corrected chi connectivity index (χ1v) is 5.48. The molecule has 0 saturated heterocycles. The summed E-state index contributed by atoms with van der Waals surface area (Å²) in [4.78, 5) is 10.7. The number of carboxylic acid groups (broad SMARTS) is 1. The molecule has 0 amide bonds. The smallest absolute Gasteiger partial charge is 0.307 e. The monoisotopic (exact) mass is 237 g/mol. The van der Waals surface area contributed by atoms with Gasteiger partial charge in [-0.1, -0.05) is 6.92 Å². The van der Waals surface area contributed by atoms with Gasteiger partial charge in [0.25, 0.3) is 0 Å². The molecule has 1 N–H and O–H groups in total. The summed E-state index contributed by atoms with van der Waals surface area (Å²) in [6.45, 7) is 1.95. The van der Waals surface area contributed by atoms with Crippen LogP contribution in [0.1, 0.15) is 29.2 Å². The fourth-order valence-corrected chi connectivity index (χ4v) is 1.99. The zero-order chi connectivity index (χ0) is 12.1. The van der Waals surface area contributed by atoms with Crippen molar-refractivity contribution < 1.29 is 9.90 Å². The molecule has 84 valence electrons. The largest absolute Gasteiger partial charge is 0.481 e. The highest BCUT2D eigenvalue weighted by molar-refractivity contribution is 6.17. The van der Waals surface area contributed by atoms with Crippen LogP contribution in [0.25, 0.3) is 0 Å². The normalized spacial score (nSPS) is 9.81. The Hall–Kier alpha value is -1.53. The summed E-state index contributed by atoms with van der Waals surface area (Å²) in [7, 11) is 0. The molecule has 0 aliphatic rings. The van der Waals surface area contributed by atoms with Gasteiger partial charge in [0, 0.05) is 5.88 Å². The standard InChI is InChI=1S/C12H12ClNO2/c1-2-11-9(5-12(15)16)3-8(7-14)4-10(11)6-13/h3-4H,2,5-6H2,1H3,(H,15,16). The van der Waals surface area contributed by atoms with Crippen molar-refractivity contribution in [1.29, 1.82) is 5.26 Å². The van der Waals surface area contributed by atoms with E-state index in [-0.39, 0.29) is 6.42 Å². The zero-order valence-electron chi connectivity index (χ0n) is 8.96. The number of carboxylic acids is 1. The predicted molar refractivity (Wildman–Crippen MR) is 61.4 cm³/mol. The van der Waals surface area contributed by atoms with Crippen LogP contribution < -0.4 is 0 Å². The van der Waals surface area contributed by atoms with Crippen molar-refractivity contribution in [3.05, 3.63) is 34.4 Å². The highest BCUT2D eigenvalue weighted by Gasteiger charge is 2.11. The van der Waals surface area contributed by atoms with Gasteiger partial charge in [-0.25, -0.2) is 0 Å². The molecule has 0 unspecified atom stereocenters. The van der Waals surface area contributed by atoms with Crippen LogP contribution in [0.3, 0.4) is 0 Å². The van der Waals surface area contributed by atoms with Crippen LogP contribution in [-0.4, -0.2) is 11.1 Å². The fraction of sp³-hybridized carbons (Fsp3) is 0.333.